The Kier molecular flexibility index (Phi) is 11.5. The number of aryl methyl sites for hydroxylation is 2. The van der Waals surface area contributed by atoms with Crippen LogP contribution in [0.2, 0.25) is 0 Å². The Labute approximate surface area is 482 Å². The van der Waals surface area contributed by atoms with E-state index in [4.69, 9.17) is 0 Å². The molecule has 3 heterocycles. The minimum atomic E-state index is -0.0209. The number of thiophene rings is 1. The van der Waals surface area contributed by atoms with Gasteiger partial charge in [-0.3, -0.25) is 0 Å². The lowest BCUT2D eigenvalue weighted by Gasteiger charge is -2.49. The van der Waals surface area contributed by atoms with Crippen molar-refractivity contribution in [2.75, 3.05) is 9.80 Å². The van der Waals surface area contributed by atoms with Crippen LogP contribution in [0.15, 0.2) is 152 Å². The van der Waals surface area contributed by atoms with Crippen LogP contribution in [-0.2, 0) is 33.5 Å². The van der Waals surface area contributed by atoms with Gasteiger partial charge in [0.1, 0.15) is 0 Å². The molecule has 404 valence electrons. The quantitative estimate of drug-likeness (QED) is 0.153. The summed E-state index contributed by atoms with van der Waals surface area (Å²) in [6.45, 7) is 31.9. The zero-order chi connectivity index (χ0) is 55.6. The van der Waals surface area contributed by atoms with E-state index < -0.39 is 0 Å². The molecule has 80 heavy (non-hydrogen) atoms. The third-order valence-corrected chi connectivity index (χ3v) is 22.5. The van der Waals surface area contributed by atoms with Crippen molar-refractivity contribution in [3.05, 3.63) is 196 Å². The average molecular weight is 1070 g/mol. The van der Waals surface area contributed by atoms with E-state index in [0.717, 1.165) is 19.3 Å². The van der Waals surface area contributed by atoms with Gasteiger partial charge in [-0.1, -0.05) is 199 Å². The summed E-state index contributed by atoms with van der Waals surface area (Å²) in [7, 11) is 0. The van der Waals surface area contributed by atoms with Crippen molar-refractivity contribution in [3.8, 4) is 11.1 Å². The number of rotatable bonds is 6. The minimum Gasteiger partial charge on any atom is -0.311 e. The smallest absolute Gasteiger partial charge is 0.252 e. The molecule has 0 radical (unpaired) electrons. The van der Waals surface area contributed by atoms with Gasteiger partial charge in [-0.2, -0.15) is 0 Å². The zero-order valence-corrected chi connectivity index (χ0v) is 50.9. The second kappa shape index (κ2) is 17.8. The van der Waals surface area contributed by atoms with Crippen LogP contribution in [0.3, 0.4) is 0 Å². The first kappa shape index (κ1) is 51.8. The molecule has 1 fully saturated rings. The molecular weight excluding hydrogens is 984 g/mol. The fourth-order valence-corrected chi connectivity index (χ4v) is 17.5. The molecule has 0 bridgehead atoms. The maximum absolute atomic E-state index is 2.73. The molecule has 3 aliphatic carbocycles. The molecule has 14 rings (SSSR count). The van der Waals surface area contributed by atoms with Crippen molar-refractivity contribution in [3.63, 3.8) is 0 Å². The second-order valence-corrected chi connectivity index (χ2v) is 30.2. The molecule has 3 atom stereocenters. The first-order chi connectivity index (χ1) is 38.1. The average Bonchev–Trinajstić information content (AvgIpc) is 4.04. The number of hydrogen-bond donors (Lipinski definition) is 0. The molecule has 0 N–H and O–H groups in total. The molecule has 2 nitrogen and oxygen atoms in total. The van der Waals surface area contributed by atoms with E-state index in [1.807, 2.05) is 11.3 Å². The number of hydrogen-bond acceptors (Lipinski definition) is 3. The summed E-state index contributed by atoms with van der Waals surface area (Å²) in [5.41, 5.74) is 26.8. The van der Waals surface area contributed by atoms with E-state index in [-0.39, 0.29) is 39.2 Å². The van der Waals surface area contributed by atoms with Gasteiger partial charge in [0.15, 0.2) is 0 Å². The second-order valence-electron chi connectivity index (χ2n) is 29.1. The maximum Gasteiger partial charge on any atom is 0.252 e. The van der Waals surface area contributed by atoms with Crippen LogP contribution in [-0.4, -0.2) is 6.71 Å². The number of fused-ring (bicyclic) bond motifs is 11. The zero-order valence-electron chi connectivity index (χ0n) is 50.0. The van der Waals surface area contributed by atoms with Crippen LogP contribution >= 0.6 is 11.3 Å². The summed E-state index contributed by atoms with van der Waals surface area (Å²) < 4.78 is 2.68. The van der Waals surface area contributed by atoms with Gasteiger partial charge in [0.25, 0.3) is 6.71 Å². The van der Waals surface area contributed by atoms with Crippen LogP contribution < -0.4 is 26.2 Å². The molecule has 4 heteroatoms. The highest BCUT2D eigenvalue weighted by Gasteiger charge is 2.58. The molecule has 8 aromatic carbocycles. The Balaban J connectivity index is 1.01. The van der Waals surface area contributed by atoms with Gasteiger partial charge < -0.3 is 9.80 Å². The third-order valence-electron chi connectivity index (χ3n) is 21.3. The lowest BCUT2D eigenvalue weighted by atomic mass is 9.33. The molecule has 0 spiro atoms. The summed E-state index contributed by atoms with van der Waals surface area (Å²) in [5.74, 6) is 0.510. The highest BCUT2D eigenvalue weighted by atomic mass is 32.1. The SMILES string of the molecule is Cc1cc2c3c(c1)N(c1cccc4c1sc1ccccc14)c1cc(CCC4c5ccc(C(C)(C)C)cc5C5(C)CCCCC45C)ccc1B3c1cc3c(cc1N2c1ccc(C(C)(C)C)cc1-c1ccccc1)C(C)(C)CCC3(C)C. The highest BCUT2D eigenvalue weighted by Crippen LogP contribution is 2.66. The molecule has 9 aromatic rings. The highest BCUT2D eigenvalue weighted by molar-refractivity contribution is 7.26. The fraction of sp³-hybridized carbons (Fsp3) is 0.368. The van der Waals surface area contributed by atoms with Gasteiger partial charge in [0, 0.05) is 43.8 Å². The number of benzene rings is 8. The minimum absolute atomic E-state index is 0.0209. The third kappa shape index (κ3) is 7.69. The normalized spacial score (nSPS) is 21.5. The van der Waals surface area contributed by atoms with Crippen molar-refractivity contribution in [1.29, 1.82) is 0 Å². The predicted molar refractivity (Wildman–Crippen MR) is 348 cm³/mol. The van der Waals surface area contributed by atoms with E-state index >= 15 is 0 Å². The Morgan fingerprint density at radius 2 is 1.16 bits per heavy atom. The molecular formula is C76H81BN2S. The van der Waals surface area contributed by atoms with Crippen LogP contribution in [0, 0.1) is 12.3 Å². The van der Waals surface area contributed by atoms with Crippen molar-refractivity contribution in [2.45, 2.75) is 174 Å². The lowest BCUT2D eigenvalue weighted by Crippen LogP contribution is -2.62. The summed E-state index contributed by atoms with van der Waals surface area (Å²) in [6.07, 6.45) is 9.75. The lowest BCUT2D eigenvalue weighted by molar-refractivity contribution is 0.0763. The molecule has 1 aromatic heterocycles. The summed E-state index contributed by atoms with van der Waals surface area (Å²) in [4.78, 5) is 5.44. The van der Waals surface area contributed by atoms with Gasteiger partial charge >= 0.3 is 0 Å². The van der Waals surface area contributed by atoms with Gasteiger partial charge in [-0.05, 0) is 199 Å². The van der Waals surface area contributed by atoms with Crippen LogP contribution in [0.25, 0.3) is 31.3 Å². The molecule has 0 saturated heterocycles. The van der Waals surface area contributed by atoms with Crippen molar-refractivity contribution in [2.24, 2.45) is 5.41 Å². The van der Waals surface area contributed by atoms with Crippen LogP contribution in [0.5, 0.6) is 0 Å². The van der Waals surface area contributed by atoms with E-state index in [1.165, 1.54) is 147 Å². The topological polar surface area (TPSA) is 6.48 Å². The van der Waals surface area contributed by atoms with E-state index in [9.17, 15) is 0 Å². The van der Waals surface area contributed by atoms with Crippen molar-refractivity contribution < 1.29 is 0 Å². The Morgan fingerprint density at radius 3 is 1.90 bits per heavy atom. The molecule has 1 saturated carbocycles. The maximum atomic E-state index is 2.73. The van der Waals surface area contributed by atoms with Crippen LogP contribution in [0.1, 0.15) is 178 Å². The largest absolute Gasteiger partial charge is 0.311 e. The van der Waals surface area contributed by atoms with Gasteiger partial charge in [0.05, 0.1) is 16.1 Å². The monoisotopic (exact) mass is 1060 g/mol. The molecule has 0 amide bonds. The number of anilines is 6. The van der Waals surface area contributed by atoms with Gasteiger partial charge in [-0.25, -0.2) is 0 Å². The summed E-state index contributed by atoms with van der Waals surface area (Å²) in [5, 5.41) is 2.67. The van der Waals surface area contributed by atoms with Crippen molar-refractivity contribution in [1.82, 2.24) is 0 Å². The summed E-state index contributed by atoms with van der Waals surface area (Å²) in [6, 6.07) is 60.6. The Morgan fingerprint density at radius 1 is 0.525 bits per heavy atom. The van der Waals surface area contributed by atoms with Gasteiger partial charge in [-0.15, -0.1) is 11.3 Å². The van der Waals surface area contributed by atoms with E-state index in [0.29, 0.717) is 5.92 Å². The first-order valence-corrected chi connectivity index (χ1v) is 31.2. The number of nitrogens with zero attached hydrogens (tertiary/aromatic N) is 2. The van der Waals surface area contributed by atoms with Crippen molar-refractivity contribution >= 4 is 88.7 Å². The molecule has 3 unspecified atom stereocenters. The Bertz CT molecular complexity index is 4010. The van der Waals surface area contributed by atoms with E-state index in [1.54, 1.807) is 11.1 Å². The standard InChI is InChI=1S/C76H81BN2S/c1-47-40-66-69-67(41-47)79(63-26-21-25-53-52-24-17-18-27-68(52)80-70(53)63)64-42-48(28-33-56-54-32-30-51(72(5,6)7)44-57(54)76(13)37-20-19-36-75(56,76)12)29-34-60(64)77(69)61-45-58-59(74(10,11)39-38-73(58,8)9)46-65(61)78(66)62-35-31-50(71(2,3)4)43-55(62)49-22-15-14-16-23-49/h14-18,21-27,29-32,34-35,40-46,56H,19-20,28,33,36-39H2,1-13H3. The predicted octanol–water partition coefficient (Wildman–Crippen LogP) is 19.6. The molecule has 5 aliphatic rings. The van der Waals surface area contributed by atoms with Gasteiger partial charge in [0.2, 0.25) is 0 Å². The first-order valence-electron chi connectivity index (χ1n) is 30.4. The molecule has 2 aliphatic heterocycles. The summed E-state index contributed by atoms with van der Waals surface area (Å²) >= 11 is 1.95. The fourth-order valence-electron chi connectivity index (χ4n) is 16.3. The Hall–Kier alpha value is -6.36. The van der Waals surface area contributed by atoms with Crippen LogP contribution in [0.4, 0.5) is 34.1 Å². The van der Waals surface area contributed by atoms with E-state index in [2.05, 4.69) is 251 Å².